The average Bonchev–Trinajstić information content (AvgIpc) is 2.93. The molecule has 2 aromatic heterocycles. The molecule has 0 radical (unpaired) electrons. The third-order valence-electron chi connectivity index (χ3n) is 3.48. The van der Waals surface area contributed by atoms with Gasteiger partial charge in [-0.25, -0.2) is 4.98 Å². The van der Waals surface area contributed by atoms with E-state index >= 15 is 0 Å². The number of aryl methyl sites for hydroxylation is 1. The first-order chi connectivity index (χ1) is 10.5. The van der Waals surface area contributed by atoms with Crippen LogP contribution in [0.5, 0.6) is 0 Å². The molecule has 0 atom stereocenters. The maximum Gasteiger partial charge on any atom is 0.251 e. The van der Waals surface area contributed by atoms with Crippen LogP contribution in [0.15, 0.2) is 23.3 Å². The van der Waals surface area contributed by atoms with E-state index in [0.717, 1.165) is 36.1 Å². The number of aromatic amines is 1. The Labute approximate surface area is 131 Å². The molecule has 1 N–H and O–H groups in total. The van der Waals surface area contributed by atoms with Crippen molar-refractivity contribution in [3.63, 3.8) is 0 Å². The quantitative estimate of drug-likeness (QED) is 0.888. The second-order valence-corrected chi connectivity index (χ2v) is 5.71. The number of allylic oxidation sites excluding steroid dienone is 1. The number of hydrogen-bond acceptors (Lipinski definition) is 3. The van der Waals surface area contributed by atoms with Crippen LogP contribution in [0.3, 0.4) is 0 Å². The van der Waals surface area contributed by atoms with Crippen LogP contribution in [-0.4, -0.2) is 19.7 Å². The fraction of sp³-hybridized carbons (Fsp3) is 0.471. The van der Waals surface area contributed by atoms with Gasteiger partial charge in [-0.2, -0.15) is 5.10 Å². The van der Waals surface area contributed by atoms with Gasteiger partial charge in [-0.1, -0.05) is 20.3 Å². The van der Waals surface area contributed by atoms with Gasteiger partial charge in [0.1, 0.15) is 5.82 Å². The SMILES string of the molecule is CCCc1cc(=O)[nH]c(/C(=C/c2cnn(C(C)C)c2)CC)n1. The second kappa shape index (κ2) is 7.20. The van der Waals surface area contributed by atoms with Crippen molar-refractivity contribution in [2.45, 2.75) is 53.0 Å². The highest BCUT2D eigenvalue weighted by Crippen LogP contribution is 2.18. The predicted molar refractivity (Wildman–Crippen MR) is 89.6 cm³/mol. The number of nitrogens with one attached hydrogen (secondary N) is 1. The van der Waals surface area contributed by atoms with Crippen LogP contribution in [0.2, 0.25) is 0 Å². The first-order valence-electron chi connectivity index (χ1n) is 7.88. The van der Waals surface area contributed by atoms with E-state index in [-0.39, 0.29) is 5.56 Å². The molecule has 0 aliphatic carbocycles. The van der Waals surface area contributed by atoms with E-state index in [1.165, 1.54) is 0 Å². The Bertz CT molecular complexity index is 709. The molecule has 5 heteroatoms. The van der Waals surface area contributed by atoms with Crippen molar-refractivity contribution in [1.29, 1.82) is 0 Å². The summed E-state index contributed by atoms with van der Waals surface area (Å²) in [5.41, 5.74) is 2.79. The van der Waals surface area contributed by atoms with Gasteiger partial charge in [0.05, 0.1) is 6.20 Å². The first-order valence-corrected chi connectivity index (χ1v) is 7.88. The van der Waals surface area contributed by atoms with E-state index in [9.17, 15) is 4.79 Å². The average molecular weight is 300 g/mol. The van der Waals surface area contributed by atoms with Gasteiger partial charge in [0.15, 0.2) is 0 Å². The Morgan fingerprint density at radius 1 is 1.41 bits per heavy atom. The Hall–Kier alpha value is -2.17. The molecule has 2 heterocycles. The van der Waals surface area contributed by atoms with Gasteiger partial charge in [0.25, 0.3) is 5.56 Å². The summed E-state index contributed by atoms with van der Waals surface area (Å²) in [6, 6.07) is 1.91. The van der Waals surface area contributed by atoms with Gasteiger partial charge in [-0.15, -0.1) is 0 Å². The second-order valence-electron chi connectivity index (χ2n) is 5.71. The summed E-state index contributed by atoms with van der Waals surface area (Å²) in [7, 11) is 0. The fourth-order valence-corrected chi connectivity index (χ4v) is 2.29. The van der Waals surface area contributed by atoms with Crippen LogP contribution in [0.4, 0.5) is 0 Å². The molecule has 5 nitrogen and oxygen atoms in total. The number of H-pyrrole nitrogens is 1. The monoisotopic (exact) mass is 300 g/mol. The van der Waals surface area contributed by atoms with Crippen LogP contribution in [0, 0.1) is 0 Å². The zero-order valence-electron chi connectivity index (χ0n) is 13.8. The van der Waals surface area contributed by atoms with Crippen molar-refractivity contribution in [3.05, 3.63) is 45.9 Å². The van der Waals surface area contributed by atoms with Crippen molar-refractivity contribution in [3.8, 4) is 0 Å². The van der Waals surface area contributed by atoms with Gasteiger partial charge >= 0.3 is 0 Å². The Kier molecular flexibility index (Phi) is 5.31. The lowest BCUT2D eigenvalue weighted by atomic mass is 10.1. The van der Waals surface area contributed by atoms with E-state index in [0.29, 0.717) is 11.9 Å². The summed E-state index contributed by atoms with van der Waals surface area (Å²) in [5.74, 6) is 0.663. The molecule has 0 unspecified atom stereocenters. The summed E-state index contributed by atoms with van der Waals surface area (Å²) < 4.78 is 1.92. The van der Waals surface area contributed by atoms with Gasteiger partial charge < -0.3 is 4.98 Å². The molecular formula is C17H24N4O. The summed E-state index contributed by atoms with van der Waals surface area (Å²) in [4.78, 5) is 19.2. The van der Waals surface area contributed by atoms with E-state index in [1.807, 2.05) is 23.2 Å². The highest BCUT2D eigenvalue weighted by Gasteiger charge is 2.07. The minimum atomic E-state index is -0.0920. The van der Waals surface area contributed by atoms with E-state index in [4.69, 9.17) is 0 Å². The molecule has 0 amide bonds. The molecule has 22 heavy (non-hydrogen) atoms. The molecule has 2 aromatic rings. The van der Waals surface area contributed by atoms with Crippen LogP contribution in [-0.2, 0) is 6.42 Å². The van der Waals surface area contributed by atoms with Crippen molar-refractivity contribution < 1.29 is 0 Å². The maximum absolute atomic E-state index is 11.8. The third kappa shape index (κ3) is 3.93. The highest BCUT2D eigenvalue weighted by atomic mass is 16.1. The maximum atomic E-state index is 11.8. The van der Waals surface area contributed by atoms with Gasteiger partial charge in [-0.3, -0.25) is 9.48 Å². The first kappa shape index (κ1) is 16.2. The molecule has 0 aliphatic rings. The normalized spacial score (nSPS) is 12.1. The molecule has 0 aromatic carbocycles. The summed E-state index contributed by atoms with van der Waals surface area (Å²) in [6.07, 6.45) is 8.48. The standard InChI is InChI=1S/C17H24N4O/c1-5-7-15-9-16(22)20-17(19-15)14(6-2)8-13-10-18-21(11-13)12(3)4/h8-12H,5-7H2,1-4H3,(H,19,20,22)/b14-8+. The molecule has 0 saturated carbocycles. The fourth-order valence-electron chi connectivity index (χ4n) is 2.29. The van der Waals surface area contributed by atoms with Gasteiger partial charge in [0.2, 0.25) is 0 Å². The van der Waals surface area contributed by atoms with Crippen molar-refractivity contribution in [1.82, 2.24) is 19.7 Å². The topological polar surface area (TPSA) is 63.6 Å². The molecule has 0 spiro atoms. The molecule has 0 bridgehead atoms. The number of hydrogen-bond donors (Lipinski definition) is 1. The lowest BCUT2D eigenvalue weighted by molar-refractivity contribution is 0.532. The number of rotatable bonds is 6. The lowest BCUT2D eigenvalue weighted by Crippen LogP contribution is -2.12. The zero-order chi connectivity index (χ0) is 16.1. The zero-order valence-corrected chi connectivity index (χ0v) is 13.8. The van der Waals surface area contributed by atoms with Crippen LogP contribution < -0.4 is 5.56 Å². The van der Waals surface area contributed by atoms with Crippen LogP contribution >= 0.6 is 0 Å². The lowest BCUT2D eigenvalue weighted by Gasteiger charge is -2.06. The predicted octanol–water partition coefficient (Wildman–Crippen LogP) is 3.45. The summed E-state index contributed by atoms with van der Waals surface area (Å²) in [6.45, 7) is 8.33. The van der Waals surface area contributed by atoms with Crippen LogP contribution in [0.1, 0.15) is 63.7 Å². The van der Waals surface area contributed by atoms with Crippen LogP contribution in [0.25, 0.3) is 11.6 Å². The largest absolute Gasteiger partial charge is 0.307 e. The molecular weight excluding hydrogens is 276 g/mol. The minimum absolute atomic E-state index is 0.0920. The highest BCUT2D eigenvalue weighted by molar-refractivity contribution is 5.78. The Morgan fingerprint density at radius 3 is 2.77 bits per heavy atom. The van der Waals surface area contributed by atoms with E-state index in [1.54, 1.807) is 6.07 Å². The summed E-state index contributed by atoms with van der Waals surface area (Å²) in [5, 5.41) is 4.34. The van der Waals surface area contributed by atoms with Gasteiger partial charge in [0, 0.05) is 29.6 Å². The van der Waals surface area contributed by atoms with E-state index < -0.39 is 0 Å². The smallest absolute Gasteiger partial charge is 0.251 e. The molecule has 118 valence electrons. The minimum Gasteiger partial charge on any atom is -0.307 e. The van der Waals surface area contributed by atoms with Crippen molar-refractivity contribution in [2.75, 3.05) is 0 Å². The summed E-state index contributed by atoms with van der Waals surface area (Å²) >= 11 is 0. The Balaban J connectivity index is 2.38. The number of nitrogens with zero attached hydrogens (tertiary/aromatic N) is 3. The number of aromatic nitrogens is 4. The molecule has 0 fully saturated rings. The van der Waals surface area contributed by atoms with Crippen molar-refractivity contribution >= 4 is 11.6 Å². The van der Waals surface area contributed by atoms with E-state index in [2.05, 4.69) is 42.8 Å². The van der Waals surface area contributed by atoms with Gasteiger partial charge in [-0.05, 0) is 38.3 Å². The Morgan fingerprint density at radius 2 is 2.18 bits per heavy atom. The third-order valence-corrected chi connectivity index (χ3v) is 3.48. The molecule has 2 rings (SSSR count). The molecule has 0 aliphatic heterocycles. The van der Waals surface area contributed by atoms with Crippen molar-refractivity contribution in [2.24, 2.45) is 0 Å². The molecule has 0 saturated heterocycles.